The summed E-state index contributed by atoms with van der Waals surface area (Å²) in [6.45, 7) is 3.75. The normalized spacial score (nSPS) is 22.3. The summed E-state index contributed by atoms with van der Waals surface area (Å²) < 4.78 is 0. The Kier molecular flexibility index (Phi) is 2.19. The predicted octanol–water partition coefficient (Wildman–Crippen LogP) is 0.961. The first-order valence-corrected chi connectivity index (χ1v) is 4.61. The molecule has 2 heterocycles. The molecular formula is C10H14N2O. The van der Waals surface area contributed by atoms with E-state index >= 15 is 0 Å². The molecule has 1 aliphatic rings. The fraction of sp³-hybridized carbons (Fsp3) is 0.500. The van der Waals surface area contributed by atoms with Crippen molar-refractivity contribution in [1.82, 2.24) is 4.98 Å². The number of nitrogens with zero attached hydrogens (tertiary/aromatic N) is 2. The molecule has 70 valence electrons. The molecule has 0 radical (unpaired) electrons. The van der Waals surface area contributed by atoms with Crippen molar-refractivity contribution in [1.29, 1.82) is 0 Å². The average Bonchev–Trinajstić information content (AvgIpc) is 2.53. The van der Waals surface area contributed by atoms with Crippen LogP contribution in [0.15, 0.2) is 18.5 Å². The second kappa shape index (κ2) is 3.34. The number of β-amino-alcohol motifs (C(OH)–C–C–N with tert-alkyl or cyclic N) is 1. The third kappa shape index (κ3) is 1.65. The molecule has 1 N–H and O–H groups in total. The van der Waals surface area contributed by atoms with Crippen molar-refractivity contribution in [3.63, 3.8) is 0 Å². The van der Waals surface area contributed by atoms with Crippen LogP contribution in [0.3, 0.4) is 0 Å². The van der Waals surface area contributed by atoms with Gasteiger partial charge in [-0.05, 0) is 25.0 Å². The van der Waals surface area contributed by atoms with Crippen molar-refractivity contribution in [3.05, 3.63) is 24.0 Å². The molecule has 0 amide bonds. The van der Waals surface area contributed by atoms with Crippen molar-refractivity contribution in [2.45, 2.75) is 19.4 Å². The van der Waals surface area contributed by atoms with Gasteiger partial charge >= 0.3 is 0 Å². The van der Waals surface area contributed by atoms with Gasteiger partial charge in [0.15, 0.2) is 0 Å². The highest BCUT2D eigenvalue weighted by Crippen LogP contribution is 2.22. The van der Waals surface area contributed by atoms with Crippen LogP contribution in [0.2, 0.25) is 0 Å². The van der Waals surface area contributed by atoms with Gasteiger partial charge in [-0.15, -0.1) is 0 Å². The van der Waals surface area contributed by atoms with Crippen LogP contribution in [-0.2, 0) is 0 Å². The van der Waals surface area contributed by atoms with Gasteiger partial charge in [-0.1, -0.05) is 0 Å². The number of aliphatic hydroxyl groups is 1. The number of aryl methyl sites for hydroxylation is 1. The SMILES string of the molecule is Cc1ccncc1N1CCC(O)C1. The zero-order chi connectivity index (χ0) is 9.26. The van der Waals surface area contributed by atoms with Crippen molar-refractivity contribution in [2.24, 2.45) is 0 Å². The summed E-state index contributed by atoms with van der Waals surface area (Å²) in [7, 11) is 0. The Morgan fingerprint density at radius 3 is 3.08 bits per heavy atom. The van der Waals surface area contributed by atoms with Gasteiger partial charge in [0.2, 0.25) is 0 Å². The number of pyridine rings is 1. The predicted molar refractivity (Wildman–Crippen MR) is 51.8 cm³/mol. The summed E-state index contributed by atoms with van der Waals surface area (Å²) in [6, 6.07) is 2.00. The molecule has 3 heteroatoms. The molecule has 0 spiro atoms. The Hall–Kier alpha value is -1.09. The van der Waals surface area contributed by atoms with Gasteiger partial charge in [0.05, 0.1) is 18.0 Å². The lowest BCUT2D eigenvalue weighted by Gasteiger charge is -2.19. The quantitative estimate of drug-likeness (QED) is 0.696. The number of rotatable bonds is 1. The van der Waals surface area contributed by atoms with Crippen molar-refractivity contribution in [2.75, 3.05) is 18.0 Å². The lowest BCUT2D eigenvalue weighted by Crippen LogP contribution is -2.22. The zero-order valence-corrected chi connectivity index (χ0v) is 7.77. The van der Waals surface area contributed by atoms with E-state index in [1.165, 1.54) is 5.56 Å². The highest BCUT2D eigenvalue weighted by atomic mass is 16.3. The fourth-order valence-electron chi connectivity index (χ4n) is 1.75. The molecule has 0 aliphatic carbocycles. The van der Waals surface area contributed by atoms with E-state index in [1.54, 1.807) is 6.20 Å². The Bertz CT molecular complexity index is 301. The molecule has 0 saturated carbocycles. The van der Waals surface area contributed by atoms with Crippen LogP contribution in [0.1, 0.15) is 12.0 Å². The highest BCUT2D eigenvalue weighted by molar-refractivity contribution is 5.51. The number of hydrogen-bond donors (Lipinski definition) is 1. The van der Waals surface area contributed by atoms with Crippen LogP contribution in [0.25, 0.3) is 0 Å². The van der Waals surface area contributed by atoms with Crippen LogP contribution in [0.4, 0.5) is 5.69 Å². The monoisotopic (exact) mass is 178 g/mol. The summed E-state index contributed by atoms with van der Waals surface area (Å²) in [6.07, 6.45) is 4.37. The summed E-state index contributed by atoms with van der Waals surface area (Å²) in [5.74, 6) is 0. The second-order valence-electron chi connectivity index (χ2n) is 3.55. The van der Waals surface area contributed by atoms with E-state index in [9.17, 15) is 5.11 Å². The molecule has 1 fully saturated rings. The van der Waals surface area contributed by atoms with Crippen LogP contribution in [0, 0.1) is 6.92 Å². The summed E-state index contributed by atoms with van der Waals surface area (Å²) in [4.78, 5) is 6.28. The molecule has 1 saturated heterocycles. The third-order valence-electron chi connectivity index (χ3n) is 2.52. The summed E-state index contributed by atoms with van der Waals surface area (Å²) in [5.41, 5.74) is 2.38. The van der Waals surface area contributed by atoms with E-state index in [1.807, 2.05) is 12.3 Å². The number of aliphatic hydroxyl groups excluding tert-OH is 1. The molecule has 1 aromatic heterocycles. The van der Waals surface area contributed by atoms with E-state index < -0.39 is 0 Å². The van der Waals surface area contributed by atoms with Crippen molar-refractivity contribution >= 4 is 5.69 Å². The maximum atomic E-state index is 9.39. The molecule has 2 rings (SSSR count). The molecule has 1 aromatic rings. The van der Waals surface area contributed by atoms with Crippen molar-refractivity contribution < 1.29 is 5.11 Å². The Morgan fingerprint density at radius 2 is 2.46 bits per heavy atom. The Balaban J connectivity index is 2.21. The van der Waals surface area contributed by atoms with Crippen LogP contribution >= 0.6 is 0 Å². The van der Waals surface area contributed by atoms with E-state index in [4.69, 9.17) is 0 Å². The molecule has 0 aromatic carbocycles. The smallest absolute Gasteiger partial charge is 0.0731 e. The van der Waals surface area contributed by atoms with E-state index in [0.717, 1.165) is 25.2 Å². The second-order valence-corrected chi connectivity index (χ2v) is 3.55. The Morgan fingerprint density at radius 1 is 1.62 bits per heavy atom. The zero-order valence-electron chi connectivity index (χ0n) is 7.77. The van der Waals surface area contributed by atoms with Gasteiger partial charge in [0, 0.05) is 19.3 Å². The molecular weight excluding hydrogens is 164 g/mol. The lowest BCUT2D eigenvalue weighted by atomic mass is 10.2. The Labute approximate surface area is 78.0 Å². The molecule has 1 unspecified atom stereocenters. The van der Waals surface area contributed by atoms with Gasteiger partial charge in [-0.3, -0.25) is 4.98 Å². The lowest BCUT2D eigenvalue weighted by molar-refractivity contribution is 0.198. The first-order valence-electron chi connectivity index (χ1n) is 4.61. The van der Waals surface area contributed by atoms with Gasteiger partial charge in [-0.2, -0.15) is 0 Å². The van der Waals surface area contributed by atoms with Crippen LogP contribution in [0.5, 0.6) is 0 Å². The maximum Gasteiger partial charge on any atom is 0.0731 e. The maximum absolute atomic E-state index is 9.39. The van der Waals surface area contributed by atoms with Gasteiger partial charge in [-0.25, -0.2) is 0 Å². The number of hydrogen-bond acceptors (Lipinski definition) is 3. The minimum atomic E-state index is -0.167. The molecule has 3 nitrogen and oxygen atoms in total. The summed E-state index contributed by atoms with van der Waals surface area (Å²) in [5, 5.41) is 9.39. The minimum absolute atomic E-state index is 0.167. The largest absolute Gasteiger partial charge is 0.391 e. The average molecular weight is 178 g/mol. The van der Waals surface area contributed by atoms with E-state index in [0.29, 0.717) is 0 Å². The first kappa shape index (κ1) is 8.51. The molecule has 13 heavy (non-hydrogen) atoms. The van der Waals surface area contributed by atoms with Crippen LogP contribution < -0.4 is 4.90 Å². The molecule has 1 atom stereocenters. The highest BCUT2D eigenvalue weighted by Gasteiger charge is 2.21. The van der Waals surface area contributed by atoms with E-state index in [-0.39, 0.29) is 6.10 Å². The number of aromatic nitrogens is 1. The van der Waals surface area contributed by atoms with E-state index in [2.05, 4.69) is 16.8 Å². The summed E-state index contributed by atoms with van der Waals surface area (Å²) >= 11 is 0. The van der Waals surface area contributed by atoms with Crippen molar-refractivity contribution in [3.8, 4) is 0 Å². The van der Waals surface area contributed by atoms with Gasteiger partial charge in [0.25, 0.3) is 0 Å². The minimum Gasteiger partial charge on any atom is -0.391 e. The number of anilines is 1. The molecule has 0 bridgehead atoms. The fourth-order valence-corrected chi connectivity index (χ4v) is 1.75. The molecule has 1 aliphatic heterocycles. The third-order valence-corrected chi connectivity index (χ3v) is 2.52. The van der Waals surface area contributed by atoms with Gasteiger partial charge in [0.1, 0.15) is 0 Å². The standard InChI is InChI=1S/C10H14N2O/c1-8-2-4-11-6-10(8)12-5-3-9(13)7-12/h2,4,6,9,13H,3,5,7H2,1H3. The van der Waals surface area contributed by atoms with Gasteiger partial charge < -0.3 is 10.0 Å². The topological polar surface area (TPSA) is 36.4 Å². The first-order chi connectivity index (χ1) is 6.27. The van der Waals surface area contributed by atoms with Crippen LogP contribution in [-0.4, -0.2) is 29.3 Å².